The molecule has 84 valence electrons. The molecule has 0 aliphatic carbocycles. The molecule has 1 aromatic carbocycles. The Kier molecular flexibility index (Phi) is 4.10. The van der Waals surface area contributed by atoms with Crippen molar-refractivity contribution in [3.63, 3.8) is 0 Å². The second-order valence-corrected chi connectivity index (χ2v) is 3.82. The number of benzene rings is 1. The molecule has 0 spiro atoms. The number of nitrogens with one attached hydrogen (secondary N) is 1. The first kappa shape index (κ1) is 12.3. The third-order valence-electron chi connectivity index (χ3n) is 2.31. The average molecular weight is 216 g/mol. The number of hydrogen-bond donors (Lipinski definition) is 2. The monoisotopic (exact) mass is 216 g/mol. The van der Waals surface area contributed by atoms with Crippen molar-refractivity contribution in [2.24, 2.45) is 5.73 Å². The zero-order chi connectivity index (χ0) is 12.1. The zero-order valence-corrected chi connectivity index (χ0v) is 9.58. The van der Waals surface area contributed by atoms with E-state index in [0.29, 0.717) is 0 Å². The van der Waals surface area contributed by atoms with Gasteiger partial charge in [-0.25, -0.2) is 0 Å². The molecule has 1 rings (SSSR count). The van der Waals surface area contributed by atoms with Gasteiger partial charge >= 0.3 is 0 Å². The Bertz CT molecular complexity index is 432. The van der Waals surface area contributed by atoms with Gasteiger partial charge in [0.25, 0.3) is 0 Å². The van der Waals surface area contributed by atoms with Gasteiger partial charge in [0.1, 0.15) is 0 Å². The average Bonchev–Trinajstić information content (AvgIpc) is 2.22. The van der Waals surface area contributed by atoms with E-state index in [4.69, 9.17) is 12.2 Å². The van der Waals surface area contributed by atoms with Gasteiger partial charge in [0, 0.05) is 12.1 Å². The predicted octanol–water partition coefficient (Wildman–Crippen LogP) is 1.59. The molecule has 0 radical (unpaired) electrons. The van der Waals surface area contributed by atoms with E-state index in [1.165, 1.54) is 0 Å². The van der Waals surface area contributed by atoms with Gasteiger partial charge in [0.15, 0.2) is 0 Å². The molecule has 0 heterocycles. The first-order chi connectivity index (χ1) is 7.54. The molecule has 3 heteroatoms. The molecule has 0 fully saturated rings. The lowest BCUT2D eigenvalue weighted by atomic mass is 10.1. The van der Waals surface area contributed by atoms with Crippen molar-refractivity contribution in [1.29, 1.82) is 0 Å². The summed E-state index contributed by atoms with van der Waals surface area (Å²) in [7, 11) is 0. The number of rotatable bonds is 3. The van der Waals surface area contributed by atoms with Crippen LogP contribution in [0.5, 0.6) is 0 Å². The van der Waals surface area contributed by atoms with Gasteiger partial charge in [0.2, 0.25) is 5.91 Å². The van der Waals surface area contributed by atoms with Crippen molar-refractivity contribution >= 4 is 11.6 Å². The Morgan fingerprint density at radius 3 is 2.81 bits per heavy atom. The molecule has 1 aromatic rings. The van der Waals surface area contributed by atoms with Crippen LogP contribution in [0.1, 0.15) is 17.5 Å². The summed E-state index contributed by atoms with van der Waals surface area (Å²) in [6.07, 6.45) is 5.35. The first-order valence-corrected chi connectivity index (χ1v) is 5.11. The number of carbonyl (C=O) groups excluding carboxylic acids is 1. The van der Waals surface area contributed by atoms with Crippen LogP contribution in [0.2, 0.25) is 0 Å². The highest BCUT2D eigenvalue weighted by Crippen LogP contribution is 2.16. The summed E-state index contributed by atoms with van der Waals surface area (Å²) in [6.45, 7) is 3.94. The molecule has 0 saturated carbocycles. The van der Waals surface area contributed by atoms with E-state index >= 15 is 0 Å². The summed E-state index contributed by atoms with van der Waals surface area (Å²) in [5.74, 6) is 2.13. The van der Waals surface area contributed by atoms with E-state index in [0.717, 1.165) is 16.8 Å². The summed E-state index contributed by atoms with van der Waals surface area (Å²) in [5, 5.41) is 2.76. The van der Waals surface area contributed by atoms with Crippen molar-refractivity contribution in [2.45, 2.75) is 26.3 Å². The molecule has 1 unspecified atom stereocenters. The quantitative estimate of drug-likeness (QED) is 0.754. The Morgan fingerprint density at radius 1 is 1.56 bits per heavy atom. The van der Waals surface area contributed by atoms with E-state index in [2.05, 4.69) is 11.2 Å². The van der Waals surface area contributed by atoms with Gasteiger partial charge < -0.3 is 11.1 Å². The summed E-state index contributed by atoms with van der Waals surface area (Å²) in [4.78, 5) is 11.6. The molecule has 1 atom stereocenters. The van der Waals surface area contributed by atoms with Crippen LogP contribution in [0.4, 0.5) is 5.69 Å². The van der Waals surface area contributed by atoms with Gasteiger partial charge in [-0.05, 0) is 25.5 Å². The van der Waals surface area contributed by atoms with Crippen LogP contribution in [0.25, 0.3) is 0 Å². The largest absolute Gasteiger partial charge is 0.324 e. The normalized spacial score (nSPS) is 11.6. The Morgan fingerprint density at radius 2 is 2.25 bits per heavy atom. The van der Waals surface area contributed by atoms with Crippen LogP contribution in [-0.2, 0) is 4.79 Å². The smallest absolute Gasteiger partial charge is 0.242 e. The van der Waals surface area contributed by atoms with Crippen molar-refractivity contribution < 1.29 is 4.79 Å². The molecule has 0 bridgehead atoms. The van der Waals surface area contributed by atoms with Crippen molar-refractivity contribution in [2.75, 3.05) is 5.32 Å². The topological polar surface area (TPSA) is 55.1 Å². The molecule has 3 N–H and O–H groups in total. The SMILES string of the molecule is C#CCC(N)C(=O)Nc1ccc(C)cc1C. The maximum atomic E-state index is 11.6. The fourth-order valence-corrected chi connectivity index (χ4v) is 1.40. The minimum atomic E-state index is -0.647. The minimum Gasteiger partial charge on any atom is -0.324 e. The molecule has 0 aliphatic heterocycles. The molecule has 0 aromatic heterocycles. The maximum Gasteiger partial charge on any atom is 0.242 e. The van der Waals surface area contributed by atoms with Crippen LogP contribution in [0.3, 0.4) is 0 Å². The third-order valence-corrected chi connectivity index (χ3v) is 2.31. The fraction of sp³-hybridized carbons (Fsp3) is 0.308. The second-order valence-electron chi connectivity index (χ2n) is 3.82. The second kappa shape index (κ2) is 5.34. The lowest BCUT2D eigenvalue weighted by Gasteiger charge is -2.12. The lowest BCUT2D eigenvalue weighted by molar-refractivity contribution is -0.117. The number of carbonyl (C=O) groups is 1. The number of anilines is 1. The van der Waals surface area contributed by atoms with Crippen LogP contribution < -0.4 is 11.1 Å². The molecular formula is C13H16N2O. The van der Waals surface area contributed by atoms with Gasteiger partial charge in [0.05, 0.1) is 6.04 Å². The van der Waals surface area contributed by atoms with Crippen LogP contribution >= 0.6 is 0 Å². The highest BCUT2D eigenvalue weighted by molar-refractivity contribution is 5.95. The number of amides is 1. The summed E-state index contributed by atoms with van der Waals surface area (Å²) in [5.41, 5.74) is 8.55. The summed E-state index contributed by atoms with van der Waals surface area (Å²) >= 11 is 0. The highest BCUT2D eigenvalue weighted by atomic mass is 16.2. The molecule has 16 heavy (non-hydrogen) atoms. The van der Waals surface area contributed by atoms with E-state index in [9.17, 15) is 4.79 Å². The predicted molar refractivity (Wildman–Crippen MR) is 66.0 cm³/mol. The number of hydrogen-bond acceptors (Lipinski definition) is 2. The van der Waals surface area contributed by atoms with Crippen molar-refractivity contribution in [3.8, 4) is 12.3 Å². The summed E-state index contributed by atoms with van der Waals surface area (Å²) in [6, 6.07) is 5.16. The van der Waals surface area contributed by atoms with Gasteiger partial charge in [-0.3, -0.25) is 4.79 Å². The molecule has 0 aliphatic rings. The fourth-order valence-electron chi connectivity index (χ4n) is 1.40. The molecular weight excluding hydrogens is 200 g/mol. The number of terminal acetylenes is 1. The minimum absolute atomic E-state index is 0.245. The first-order valence-electron chi connectivity index (χ1n) is 5.11. The van der Waals surface area contributed by atoms with E-state index in [1.54, 1.807) is 0 Å². The van der Waals surface area contributed by atoms with Gasteiger partial charge in [-0.1, -0.05) is 17.7 Å². The lowest BCUT2D eigenvalue weighted by Crippen LogP contribution is -2.35. The molecule has 3 nitrogen and oxygen atoms in total. The van der Waals surface area contributed by atoms with E-state index in [1.807, 2.05) is 32.0 Å². The van der Waals surface area contributed by atoms with E-state index < -0.39 is 6.04 Å². The van der Waals surface area contributed by atoms with Crippen LogP contribution in [-0.4, -0.2) is 11.9 Å². The van der Waals surface area contributed by atoms with Crippen molar-refractivity contribution in [3.05, 3.63) is 29.3 Å². The Labute approximate surface area is 96.0 Å². The van der Waals surface area contributed by atoms with Crippen LogP contribution in [0, 0.1) is 26.2 Å². The molecule has 1 amide bonds. The standard InChI is InChI=1S/C13H16N2O/c1-4-5-11(14)13(16)15-12-7-6-9(2)8-10(12)3/h1,6-8,11H,5,14H2,2-3H3,(H,15,16). The maximum absolute atomic E-state index is 11.6. The highest BCUT2D eigenvalue weighted by Gasteiger charge is 2.12. The number of aryl methyl sites for hydroxylation is 2. The van der Waals surface area contributed by atoms with Gasteiger partial charge in [-0.15, -0.1) is 12.3 Å². The van der Waals surface area contributed by atoms with Crippen molar-refractivity contribution in [1.82, 2.24) is 0 Å². The summed E-state index contributed by atoms with van der Waals surface area (Å²) < 4.78 is 0. The Balaban J connectivity index is 2.74. The Hall–Kier alpha value is -1.79. The number of nitrogens with two attached hydrogens (primary N) is 1. The zero-order valence-electron chi connectivity index (χ0n) is 9.58. The van der Waals surface area contributed by atoms with E-state index in [-0.39, 0.29) is 12.3 Å². The van der Waals surface area contributed by atoms with Gasteiger partial charge in [-0.2, -0.15) is 0 Å². The molecule has 0 saturated heterocycles. The van der Waals surface area contributed by atoms with Crippen LogP contribution in [0.15, 0.2) is 18.2 Å². The third kappa shape index (κ3) is 3.11.